The highest BCUT2D eigenvalue weighted by molar-refractivity contribution is 5.98. The number of allylic oxidation sites excluding steroid dienone is 1. The molecule has 2 aromatic rings. The standard InChI is InChI=1S/C17H12N2O4/c1-23-17(20)16-5-3-2-4-13(16)10-14(11-18)12-6-8-15(9-7-12)19(21)22/h2-10H,1H3. The summed E-state index contributed by atoms with van der Waals surface area (Å²) in [4.78, 5) is 21.9. The molecule has 0 amide bonds. The molecule has 0 aliphatic carbocycles. The fourth-order valence-electron chi connectivity index (χ4n) is 2.02. The Balaban J connectivity index is 2.46. The summed E-state index contributed by atoms with van der Waals surface area (Å²) >= 11 is 0. The highest BCUT2D eigenvalue weighted by Crippen LogP contribution is 2.22. The van der Waals surface area contributed by atoms with E-state index in [-0.39, 0.29) is 11.3 Å². The Bertz CT molecular complexity index is 817. The summed E-state index contributed by atoms with van der Waals surface area (Å²) in [5.41, 5.74) is 1.63. The van der Waals surface area contributed by atoms with Crippen LogP contribution in [0.15, 0.2) is 48.5 Å². The lowest BCUT2D eigenvalue weighted by molar-refractivity contribution is -0.384. The minimum absolute atomic E-state index is 0.0546. The smallest absolute Gasteiger partial charge is 0.338 e. The van der Waals surface area contributed by atoms with E-state index in [0.717, 1.165) is 0 Å². The summed E-state index contributed by atoms with van der Waals surface area (Å²) in [6, 6.07) is 14.4. The van der Waals surface area contributed by atoms with Crippen molar-refractivity contribution < 1.29 is 14.5 Å². The predicted molar refractivity (Wildman–Crippen MR) is 84.4 cm³/mol. The first-order chi connectivity index (χ1) is 11.1. The number of carbonyl (C=O) groups is 1. The Labute approximate surface area is 132 Å². The third-order valence-electron chi connectivity index (χ3n) is 3.18. The highest BCUT2D eigenvalue weighted by atomic mass is 16.6. The lowest BCUT2D eigenvalue weighted by Gasteiger charge is -2.05. The number of carbonyl (C=O) groups excluding carboxylic acids is 1. The van der Waals surface area contributed by atoms with Crippen LogP contribution in [0.4, 0.5) is 5.69 Å². The molecular formula is C17H12N2O4. The number of methoxy groups -OCH3 is 1. The van der Waals surface area contributed by atoms with Gasteiger partial charge in [0.15, 0.2) is 0 Å². The van der Waals surface area contributed by atoms with E-state index < -0.39 is 10.9 Å². The van der Waals surface area contributed by atoms with E-state index in [9.17, 15) is 20.2 Å². The Morgan fingerprint density at radius 1 is 1.22 bits per heavy atom. The van der Waals surface area contributed by atoms with Crippen LogP contribution in [-0.4, -0.2) is 18.0 Å². The Kier molecular flexibility index (Phi) is 4.85. The van der Waals surface area contributed by atoms with Gasteiger partial charge in [-0.25, -0.2) is 4.79 Å². The molecule has 0 spiro atoms. The van der Waals surface area contributed by atoms with Gasteiger partial charge in [0.05, 0.1) is 29.2 Å². The molecule has 23 heavy (non-hydrogen) atoms. The summed E-state index contributed by atoms with van der Waals surface area (Å²) in [7, 11) is 1.28. The van der Waals surface area contributed by atoms with Crippen LogP contribution >= 0.6 is 0 Å². The van der Waals surface area contributed by atoms with Gasteiger partial charge in [-0.2, -0.15) is 5.26 Å². The molecule has 0 N–H and O–H groups in total. The van der Waals surface area contributed by atoms with E-state index in [4.69, 9.17) is 4.74 Å². The number of nitrogens with zero attached hydrogens (tertiary/aromatic N) is 2. The molecule has 0 aromatic heterocycles. The van der Waals surface area contributed by atoms with E-state index in [1.54, 1.807) is 30.3 Å². The number of benzene rings is 2. The van der Waals surface area contributed by atoms with Gasteiger partial charge in [-0.3, -0.25) is 10.1 Å². The molecule has 0 fully saturated rings. The first-order valence-electron chi connectivity index (χ1n) is 6.60. The van der Waals surface area contributed by atoms with E-state index in [0.29, 0.717) is 16.7 Å². The maximum absolute atomic E-state index is 11.8. The molecule has 2 rings (SSSR count). The largest absolute Gasteiger partial charge is 0.465 e. The maximum Gasteiger partial charge on any atom is 0.338 e. The number of hydrogen-bond donors (Lipinski definition) is 0. The number of ether oxygens (including phenoxy) is 1. The molecule has 6 nitrogen and oxygen atoms in total. The lowest BCUT2D eigenvalue weighted by atomic mass is 10.0. The van der Waals surface area contributed by atoms with E-state index in [1.807, 2.05) is 6.07 Å². The van der Waals surface area contributed by atoms with Gasteiger partial charge in [-0.05, 0) is 35.4 Å². The second-order valence-corrected chi connectivity index (χ2v) is 4.55. The summed E-state index contributed by atoms with van der Waals surface area (Å²) in [6.07, 6.45) is 1.55. The molecule has 0 heterocycles. The van der Waals surface area contributed by atoms with Gasteiger partial charge < -0.3 is 4.74 Å². The maximum atomic E-state index is 11.8. The van der Waals surface area contributed by atoms with Gasteiger partial charge in [0, 0.05) is 12.1 Å². The number of nitriles is 1. The number of rotatable bonds is 4. The topological polar surface area (TPSA) is 93.2 Å². The molecule has 0 atom stereocenters. The fourth-order valence-corrected chi connectivity index (χ4v) is 2.02. The minimum atomic E-state index is -0.508. The van der Waals surface area contributed by atoms with Crippen molar-refractivity contribution in [3.63, 3.8) is 0 Å². The average molecular weight is 308 g/mol. The van der Waals surface area contributed by atoms with Crippen molar-refractivity contribution in [2.45, 2.75) is 0 Å². The normalized spacial score (nSPS) is 10.7. The van der Waals surface area contributed by atoms with Crippen LogP contribution in [0.1, 0.15) is 21.5 Å². The first kappa shape index (κ1) is 15.9. The van der Waals surface area contributed by atoms with Crippen molar-refractivity contribution in [2.24, 2.45) is 0 Å². The molecule has 0 unspecified atom stereocenters. The summed E-state index contributed by atoms with van der Waals surface area (Å²) < 4.78 is 4.71. The van der Waals surface area contributed by atoms with Crippen molar-refractivity contribution in [1.82, 2.24) is 0 Å². The van der Waals surface area contributed by atoms with Gasteiger partial charge in [0.1, 0.15) is 0 Å². The molecular weight excluding hydrogens is 296 g/mol. The summed E-state index contributed by atoms with van der Waals surface area (Å²) in [6.45, 7) is 0. The second kappa shape index (κ2) is 7.00. The average Bonchev–Trinajstić information content (AvgIpc) is 2.59. The number of hydrogen-bond acceptors (Lipinski definition) is 5. The quantitative estimate of drug-likeness (QED) is 0.283. The molecule has 0 aliphatic heterocycles. The monoisotopic (exact) mass is 308 g/mol. The van der Waals surface area contributed by atoms with Crippen molar-refractivity contribution in [3.05, 3.63) is 75.3 Å². The third-order valence-corrected chi connectivity index (χ3v) is 3.18. The zero-order valence-corrected chi connectivity index (χ0v) is 12.2. The van der Waals surface area contributed by atoms with Gasteiger partial charge >= 0.3 is 5.97 Å². The number of esters is 1. The van der Waals surface area contributed by atoms with Crippen LogP contribution in [0.3, 0.4) is 0 Å². The molecule has 0 aliphatic rings. The SMILES string of the molecule is COC(=O)c1ccccc1C=C(C#N)c1ccc([N+](=O)[O-])cc1. The second-order valence-electron chi connectivity index (χ2n) is 4.55. The van der Waals surface area contributed by atoms with Gasteiger partial charge in [-0.15, -0.1) is 0 Å². The molecule has 114 valence electrons. The van der Waals surface area contributed by atoms with Crippen molar-refractivity contribution >= 4 is 23.3 Å². The molecule has 0 radical (unpaired) electrons. The van der Waals surface area contributed by atoms with Crippen molar-refractivity contribution in [2.75, 3.05) is 7.11 Å². The first-order valence-corrected chi connectivity index (χ1v) is 6.60. The molecule has 6 heteroatoms. The molecule has 2 aromatic carbocycles. The van der Waals surface area contributed by atoms with Crippen LogP contribution in [0.5, 0.6) is 0 Å². The third kappa shape index (κ3) is 3.60. The Hall–Kier alpha value is -3.46. The minimum Gasteiger partial charge on any atom is -0.465 e. The Morgan fingerprint density at radius 2 is 1.87 bits per heavy atom. The number of nitro benzene ring substituents is 1. The molecule has 0 bridgehead atoms. The van der Waals surface area contributed by atoms with E-state index >= 15 is 0 Å². The van der Waals surface area contributed by atoms with Gasteiger partial charge in [0.2, 0.25) is 0 Å². The van der Waals surface area contributed by atoms with E-state index in [1.165, 1.54) is 31.4 Å². The van der Waals surface area contributed by atoms with E-state index in [2.05, 4.69) is 0 Å². The summed E-state index contributed by atoms with van der Waals surface area (Å²) in [5, 5.41) is 20.0. The lowest BCUT2D eigenvalue weighted by Crippen LogP contribution is -2.03. The zero-order valence-electron chi connectivity index (χ0n) is 12.2. The van der Waals surface area contributed by atoms with Crippen LogP contribution in [0.25, 0.3) is 11.6 Å². The predicted octanol–water partition coefficient (Wildman–Crippen LogP) is 3.45. The van der Waals surface area contributed by atoms with Crippen molar-refractivity contribution in [1.29, 1.82) is 5.26 Å². The van der Waals surface area contributed by atoms with Gasteiger partial charge in [-0.1, -0.05) is 18.2 Å². The van der Waals surface area contributed by atoms with Crippen molar-refractivity contribution in [3.8, 4) is 6.07 Å². The summed E-state index contributed by atoms with van der Waals surface area (Å²) in [5.74, 6) is -0.502. The molecule has 0 saturated carbocycles. The van der Waals surface area contributed by atoms with Crippen LogP contribution < -0.4 is 0 Å². The van der Waals surface area contributed by atoms with Gasteiger partial charge in [0.25, 0.3) is 5.69 Å². The van der Waals surface area contributed by atoms with Crippen LogP contribution in [0, 0.1) is 21.4 Å². The fraction of sp³-hybridized carbons (Fsp3) is 0.0588. The number of nitro groups is 1. The highest BCUT2D eigenvalue weighted by Gasteiger charge is 2.11. The Morgan fingerprint density at radius 3 is 2.43 bits per heavy atom. The zero-order chi connectivity index (χ0) is 16.8. The number of non-ortho nitro benzene ring substituents is 1. The molecule has 0 saturated heterocycles. The van der Waals surface area contributed by atoms with Crippen LogP contribution in [-0.2, 0) is 4.74 Å². The van der Waals surface area contributed by atoms with Crippen LogP contribution in [0.2, 0.25) is 0 Å².